The minimum atomic E-state index is -0.472. The van der Waals surface area contributed by atoms with E-state index in [4.69, 9.17) is 11.6 Å². The quantitative estimate of drug-likeness (QED) is 0.510. The number of anilines is 1. The Morgan fingerprint density at radius 1 is 1.47 bits per heavy atom. The molecule has 8 heteroatoms. The van der Waals surface area contributed by atoms with Gasteiger partial charge in [0.15, 0.2) is 0 Å². The highest BCUT2D eigenvalue weighted by Gasteiger charge is 2.12. The van der Waals surface area contributed by atoms with E-state index in [9.17, 15) is 10.1 Å². The summed E-state index contributed by atoms with van der Waals surface area (Å²) in [6.07, 6.45) is 0. The monoisotopic (exact) mass is 302 g/mol. The molecule has 1 fully saturated rings. The van der Waals surface area contributed by atoms with Crippen molar-refractivity contribution in [1.29, 1.82) is 0 Å². The average Bonchev–Trinajstić information content (AvgIpc) is 2.39. The fourth-order valence-corrected chi connectivity index (χ4v) is 3.03. The lowest BCUT2D eigenvalue weighted by atomic mass is 10.4. The molecule has 6 nitrogen and oxygen atoms in total. The maximum Gasteiger partial charge on any atom is 0.276 e. The highest BCUT2D eigenvalue weighted by atomic mass is 35.5. The van der Waals surface area contributed by atoms with Gasteiger partial charge < -0.3 is 5.32 Å². The Labute approximate surface area is 120 Å². The first kappa shape index (κ1) is 14.4. The number of halogens is 1. The van der Waals surface area contributed by atoms with Gasteiger partial charge in [0.1, 0.15) is 11.0 Å². The first-order chi connectivity index (χ1) is 9.15. The van der Waals surface area contributed by atoms with Crippen molar-refractivity contribution in [1.82, 2.24) is 9.88 Å². The molecule has 1 aromatic heterocycles. The molecule has 1 N–H and O–H groups in total. The molecule has 1 saturated heterocycles. The zero-order valence-electron chi connectivity index (χ0n) is 10.3. The number of rotatable bonds is 5. The first-order valence-electron chi connectivity index (χ1n) is 6.01. The zero-order valence-corrected chi connectivity index (χ0v) is 11.9. The van der Waals surface area contributed by atoms with E-state index in [1.807, 2.05) is 11.8 Å². The van der Waals surface area contributed by atoms with Crippen molar-refractivity contribution in [3.63, 3.8) is 0 Å². The molecule has 0 radical (unpaired) electrons. The lowest BCUT2D eigenvalue weighted by Gasteiger charge is -2.26. The van der Waals surface area contributed by atoms with E-state index in [0.29, 0.717) is 12.4 Å². The van der Waals surface area contributed by atoms with Gasteiger partial charge in [-0.25, -0.2) is 4.98 Å². The van der Waals surface area contributed by atoms with Crippen LogP contribution in [0.2, 0.25) is 5.15 Å². The Balaban J connectivity index is 1.86. The summed E-state index contributed by atoms with van der Waals surface area (Å²) in [5.41, 5.74) is -0.0446. The number of nitrogens with one attached hydrogen (secondary N) is 1. The van der Waals surface area contributed by atoms with Gasteiger partial charge in [-0.3, -0.25) is 15.0 Å². The topological polar surface area (TPSA) is 71.3 Å². The summed E-state index contributed by atoms with van der Waals surface area (Å²) in [5, 5.41) is 13.9. The smallest absolute Gasteiger partial charge is 0.276 e. The first-order valence-corrected chi connectivity index (χ1v) is 7.54. The molecule has 2 rings (SSSR count). The van der Waals surface area contributed by atoms with Gasteiger partial charge >= 0.3 is 0 Å². The third-order valence-corrected chi connectivity index (χ3v) is 3.96. The summed E-state index contributed by atoms with van der Waals surface area (Å²) in [5.74, 6) is 2.78. The summed E-state index contributed by atoms with van der Waals surface area (Å²) < 4.78 is 0. The molecule has 1 aliphatic rings. The Morgan fingerprint density at radius 3 is 2.89 bits per heavy atom. The van der Waals surface area contributed by atoms with Gasteiger partial charge in [0.25, 0.3) is 5.69 Å². The van der Waals surface area contributed by atoms with Crippen molar-refractivity contribution >= 4 is 34.9 Å². The molecule has 104 valence electrons. The number of pyridine rings is 1. The SMILES string of the molecule is O=[N+]([O-])c1cc(Cl)nc(NCCN2CCSCC2)c1. The van der Waals surface area contributed by atoms with E-state index in [-0.39, 0.29) is 10.8 Å². The Kier molecular flexibility index (Phi) is 5.24. The second kappa shape index (κ2) is 6.93. The second-order valence-electron chi connectivity index (χ2n) is 4.17. The number of thioether (sulfide) groups is 1. The van der Waals surface area contributed by atoms with E-state index in [0.717, 1.165) is 19.6 Å². The minimum Gasteiger partial charge on any atom is -0.369 e. The van der Waals surface area contributed by atoms with Crippen LogP contribution in [0.3, 0.4) is 0 Å². The molecule has 2 heterocycles. The lowest BCUT2D eigenvalue weighted by Crippen LogP contribution is -2.36. The third-order valence-electron chi connectivity index (χ3n) is 2.83. The van der Waals surface area contributed by atoms with Gasteiger partial charge in [-0.1, -0.05) is 11.6 Å². The van der Waals surface area contributed by atoms with Gasteiger partial charge in [0.05, 0.1) is 17.1 Å². The summed E-state index contributed by atoms with van der Waals surface area (Å²) in [4.78, 5) is 16.6. The highest BCUT2D eigenvalue weighted by Crippen LogP contribution is 2.20. The third kappa shape index (κ3) is 4.52. The predicted octanol–water partition coefficient (Wildman–Crippen LogP) is 2.10. The number of nitro groups is 1. The molecular formula is C11H15ClN4O2S. The van der Waals surface area contributed by atoms with Crippen LogP contribution in [0.1, 0.15) is 0 Å². The molecule has 0 amide bonds. The number of hydrogen-bond acceptors (Lipinski definition) is 6. The van der Waals surface area contributed by atoms with Gasteiger partial charge in [0.2, 0.25) is 0 Å². The summed E-state index contributed by atoms with van der Waals surface area (Å²) in [7, 11) is 0. The largest absolute Gasteiger partial charge is 0.369 e. The van der Waals surface area contributed by atoms with Crippen molar-refractivity contribution < 1.29 is 4.92 Å². The van der Waals surface area contributed by atoms with Gasteiger partial charge in [0, 0.05) is 37.7 Å². The van der Waals surface area contributed by atoms with Crippen molar-refractivity contribution in [2.75, 3.05) is 43.0 Å². The molecular weight excluding hydrogens is 288 g/mol. The van der Waals surface area contributed by atoms with Crippen molar-refractivity contribution in [3.8, 4) is 0 Å². The maximum atomic E-state index is 10.7. The van der Waals surface area contributed by atoms with Gasteiger partial charge in [-0.15, -0.1) is 0 Å². The van der Waals surface area contributed by atoms with Gasteiger partial charge in [-0.2, -0.15) is 11.8 Å². The van der Waals surface area contributed by atoms with E-state index < -0.39 is 4.92 Å². The lowest BCUT2D eigenvalue weighted by molar-refractivity contribution is -0.384. The van der Waals surface area contributed by atoms with E-state index in [1.54, 1.807) is 0 Å². The van der Waals surface area contributed by atoms with Crippen molar-refractivity contribution in [3.05, 3.63) is 27.4 Å². The van der Waals surface area contributed by atoms with E-state index in [2.05, 4.69) is 15.2 Å². The number of aromatic nitrogens is 1. The van der Waals surface area contributed by atoms with Crippen LogP contribution in [0.4, 0.5) is 11.5 Å². The maximum absolute atomic E-state index is 10.7. The minimum absolute atomic E-state index is 0.0446. The molecule has 0 saturated carbocycles. The molecule has 0 spiro atoms. The van der Waals surface area contributed by atoms with Crippen LogP contribution in [-0.4, -0.2) is 52.5 Å². The fourth-order valence-electron chi connectivity index (χ4n) is 1.85. The van der Waals surface area contributed by atoms with Crippen LogP contribution < -0.4 is 5.32 Å². The summed E-state index contributed by atoms with van der Waals surface area (Å²) in [6.45, 7) is 3.79. The van der Waals surface area contributed by atoms with Crippen LogP contribution >= 0.6 is 23.4 Å². The highest BCUT2D eigenvalue weighted by molar-refractivity contribution is 7.99. The van der Waals surface area contributed by atoms with E-state index >= 15 is 0 Å². The van der Waals surface area contributed by atoms with Crippen LogP contribution in [0.25, 0.3) is 0 Å². The second-order valence-corrected chi connectivity index (χ2v) is 5.78. The Bertz CT molecular complexity index is 454. The predicted molar refractivity (Wildman–Crippen MR) is 78.2 cm³/mol. The molecule has 0 unspecified atom stereocenters. The normalized spacial score (nSPS) is 16.3. The molecule has 0 aromatic carbocycles. The number of nitrogens with zero attached hydrogens (tertiary/aromatic N) is 3. The summed E-state index contributed by atoms with van der Waals surface area (Å²) >= 11 is 7.72. The Morgan fingerprint density at radius 2 is 2.21 bits per heavy atom. The zero-order chi connectivity index (χ0) is 13.7. The van der Waals surface area contributed by atoms with Crippen LogP contribution in [0.5, 0.6) is 0 Å². The van der Waals surface area contributed by atoms with E-state index in [1.165, 1.54) is 23.6 Å². The Hall–Kier alpha value is -1.05. The van der Waals surface area contributed by atoms with Gasteiger partial charge in [-0.05, 0) is 0 Å². The van der Waals surface area contributed by atoms with Crippen LogP contribution in [0, 0.1) is 10.1 Å². The summed E-state index contributed by atoms with van der Waals surface area (Å²) in [6, 6.07) is 2.65. The molecule has 1 aliphatic heterocycles. The number of hydrogen-bond donors (Lipinski definition) is 1. The van der Waals surface area contributed by atoms with Crippen molar-refractivity contribution in [2.45, 2.75) is 0 Å². The molecule has 0 atom stereocenters. The van der Waals surface area contributed by atoms with Crippen LogP contribution in [-0.2, 0) is 0 Å². The molecule has 19 heavy (non-hydrogen) atoms. The average molecular weight is 303 g/mol. The standard InChI is InChI=1S/C11H15ClN4O2S/c12-10-7-9(16(17)18)8-11(14-10)13-1-2-15-3-5-19-6-4-15/h7-8H,1-6H2,(H,13,14). The molecule has 0 aliphatic carbocycles. The fraction of sp³-hybridized carbons (Fsp3) is 0.545. The van der Waals surface area contributed by atoms with Crippen molar-refractivity contribution in [2.24, 2.45) is 0 Å². The molecule has 1 aromatic rings. The molecule has 0 bridgehead atoms. The van der Waals surface area contributed by atoms with Crippen LogP contribution in [0.15, 0.2) is 12.1 Å².